The fourth-order valence-electron chi connectivity index (χ4n) is 3.31. The molecule has 28 heavy (non-hydrogen) atoms. The molecule has 3 aromatic heterocycles. The number of nitrogens with one attached hydrogen (secondary N) is 1. The van der Waals surface area contributed by atoms with Gasteiger partial charge >= 0.3 is 0 Å². The van der Waals surface area contributed by atoms with Crippen LogP contribution in [0.4, 0.5) is 0 Å². The number of carbonyl (C=O) groups excluding carboxylic acids is 1. The van der Waals surface area contributed by atoms with Crippen molar-refractivity contribution in [3.05, 3.63) is 70.9 Å². The minimum Gasteiger partial charge on any atom is -0.354 e. The molecule has 1 atom stereocenters. The summed E-state index contributed by atoms with van der Waals surface area (Å²) in [6.07, 6.45) is 4.44. The number of benzene rings is 1. The van der Waals surface area contributed by atoms with Crippen LogP contribution in [-0.4, -0.2) is 27.0 Å². The normalized spacial score (nSPS) is 12.3. The first-order chi connectivity index (χ1) is 13.7. The summed E-state index contributed by atoms with van der Waals surface area (Å²) < 4.78 is 1.97. The van der Waals surface area contributed by atoms with Gasteiger partial charge in [0.2, 0.25) is 5.91 Å². The van der Waals surface area contributed by atoms with E-state index in [1.807, 2.05) is 49.4 Å². The molecule has 1 N–H and O–H groups in total. The van der Waals surface area contributed by atoms with Crippen molar-refractivity contribution in [3.63, 3.8) is 0 Å². The molecule has 0 aliphatic heterocycles. The van der Waals surface area contributed by atoms with E-state index in [9.17, 15) is 9.59 Å². The third-order valence-electron chi connectivity index (χ3n) is 4.76. The average molecular weight is 392 g/mol. The van der Waals surface area contributed by atoms with E-state index < -0.39 is 6.04 Å². The van der Waals surface area contributed by atoms with Crippen LogP contribution >= 0.6 is 11.3 Å². The zero-order chi connectivity index (χ0) is 19.5. The summed E-state index contributed by atoms with van der Waals surface area (Å²) in [7, 11) is 0. The Balaban J connectivity index is 1.57. The van der Waals surface area contributed by atoms with Gasteiger partial charge in [0.1, 0.15) is 15.6 Å². The van der Waals surface area contributed by atoms with E-state index in [-0.39, 0.29) is 11.5 Å². The van der Waals surface area contributed by atoms with Gasteiger partial charge in [-0.05, 0) is 30.5 Å². The van der Waals surface area contributed by atoms with Crippen molar-refractivity contribution in [2.45, 2.75) is 25.8 Å². The van der Waals surface area contributed by atoms with Crippen molar-refractivity contribution in [3.8, 4) is 0 Å². The molecule has 0 bridgehead atoms. The summed E-state index contributed by atoms with van der Waals surface area (Å²) in [5, 5.41) is 3.81. The van der Waals surface area contributed by atoms with E-state index in [1.54, 1.807) is 6.20 Å². The molecular weight excluding hydrogens is 372 g/mol. The number of amides is 1. The van der Waals surface area contributed by atoms with E-state index >= 15 is 0 Å². The van der Waals surface area contributed by atoms with Crippen molar-refractivity contribution >= 4 is 37.7 Å². The summed E-state index contributed by atoms with van der Waals surface area (Å²) in [6.45, 7) is 2.42. The topological polar surface area (TPSA) is 76.9 Å². The summed E-state index contributed by atoms with van der Waals surface area (Å²) in [6, 6.07) is 13.1. The molecule has 1 aromatic carbocycles. The molecule has 1 amide bonds. The van der Waals surface area contributed by atoms with Crippen LogP contribution < -0.4 is 10.9 Å². The maximum Gasteiger partial charge on any atom is 0.272 e. The average Bonchev–Trinajstić information content (AvgIpc) is 3.11. The van der Waals surface area contributed by atoms with E-state index in [0.717, 1.165) is 22.2 Å². The van der Waals surface area contributed by atoms with Crippen LogP contribution in [0.25, 0.3) is 20.4 Å². The summed E-state index contributed by atoms with van der Waals surface area (Å²) in [4.78, 5) is 35.3. The van der Waals surface area contributed by atoms with Crippen LogP contribution in [0, 0.1) is 0 Å². The van der Waals surface area contributed by atoms with Gasteiger partial charge in [-0.1, -0.05) is 37.3 Å². The molecule has 142 valence electrons. The quantitative estimate of drug-likeness (QED) is 0.546. The SMILES string of the molecule is CC[C@H](C(=O)NCCc1ccccc1)n1cnc2c(sc3ncccc32)c1=O. The number of thiophene rings is 1. The number of pyridine rings is 1. The second kappa shape index (κ2) is 7.90. The van der Waals surface area contributed by atoms with Crippen LogP contribution in [0.5, 0.6) is 0 Å². The Morgan fingerprint density at radius 3 is 2.79 bits per heavy atom. The molecule has 0 unspecified atom stereocenters. The first-order valence-corrected chi connectivity index (χ1v) is 10.1. The van der Waals surface area contributed by atoms with Crippen LogP contribution in [0.15, 0.2) is 59.8 Å². The highest BCUT2D eigenvalue weighted by molar-refractivity contribution is 7.25. The molecule has 4 aromatic rings. The van der Waals surface area contributed by atoms with E-state index in [2.05, 4.69) is 15.3 Å². The Morgan fingerprint density at radius 2 is 2.00 bits per heavy atom. The first kappa shape index (κ1) is 18.3. The Labute approximate surface area is 165 Å². The largest absolute Gasteiger partial charge is 0.354 e. The van der Waals surface area contributed by atoms with Gasteiger partial charge in [-0.3, -0.25) is 14.2 Å². The van der Waals surface area contributed by atoms with Crippen LogP contribution in [0.1, 0.15) is 24.9 Å². The second-order valence-corrected chi connectivity index (χ2v) is 7.54. The monoisotopic (exact) mass is 392 g/mol. The Kier molecular flexibility index (Phi) is 5.16. The maximum atomic E-state index is 13.0. The van der Waals surface area contributed by atoms with E-state index in [1.165, 1.54) is 22.2 Å². The lowest BCUT2D eigenvalue weighted by molar-refractivity contribution is -0.124. The molecule has 0 aliphatic rings. The third-order valence-corrected chi connectivity index (χ3v) is 5.85. The highest BCUT2D eigenvalue weighted by Crippen LogP contribution is 2.28. The van der Waals surface area contributed by atoms with Crippen molar-refractivity contribution in [2.75, 3.05) is 6.54 Å². The standard InChI is InChI=1S/C21H20N4O2S/c1-2-16(19(26)22-12-10-14-7-4-3-5-8-14)25-13-24-17-15-9-6-11-23-20(15)28-18(17)21(25)27/h3-9,11,13,16H,2,10,12H2,1H3,(H,22,26)/t16-/m1/s1. The first-order valence-electron chi connectivity index (χ1n) is 9.25. The number of fused-ring (bicyclic) bond motifs is 3. The summed E-state index contributed by atoms with van der Waals surface area (Å²) >= 11 is 1.32. The minimum absolute atomic E-state index is 0.166. The zero-order valence-corrected chi connectivity index (χ0v) is 16.3. The van der Waals surface area contributed by atoms with Crippen LogP contribution in [0.2, 0.25) is 0 Å². The smallest absolute Gasteiger partial charge is 0.272 e. The Bertz CT molecular complexity index is 1180. The highest BCUT2D eigenvalue weighted by Gasteiger charge is 2.22. The van der Waals surface area contributed by atoms with Crippen molar-refractivity contribution in [1.29, 1.82) is 0 Å². The van der Waals surface area contributed by atoms with Gasteiger partial charge in [0.05, 0.1) is 11.8 Å². The molecule has 0 spiro atoms. The summed E-state index contributed by atoms with van der Waals surface area (Å²) in [5.41, 5.74) is 1.61. The number of hydrogen-bond donors (Lipinski definition) is 1. The van der Waals surface area contributed by atoms with Gasteiger partial charge in [0.15, 0.2) is 0 Å². The second-order valence-electron chi connectivity index (χ2n) is 6.54. The lowest BCUT2D eigenvalue weighted by Crippen LogP contribution is -2.37. The van der Waals surface area contributed by atoms with Crippen molar-refractivity contribution < 1.29 is 4.79 Å². The number of rotatable bonds is 6. The molecule has 0 aliphatic carbocycles. The van der Waals surface area contributed by atoms with Gasteiger partial charge in [-0.15, -0.1) is 11.3 Å². The van der Waals surface area contributed by atoms with Crippen molar-refractivity contribution in [1.82, 2.24) is 19.9 Å². The van der Waals surface area contributed by atoms with E-state index in [0.29, 0.717) is 23.2 Å². The molecule has 0 saturated carbocycles. The lowest BCUT2D eigenvalue weighted by Gasteiger charge is -2.17. The molecule has 6 nitrogen and oxygen atoms in total. The van der Waals surface area contributed by atoms with E-state index in [4.69, 9.17) is 0 Å². The number of carbonyl (C=O) groups is 1. The molecule has 4 rings (SSSR count). The fourth-order valence-corrected chi connectivity index (χ4v) is 4.34. The van der Waals surface area contributed by atoms with Gasteiger partial charge in [0.25, 0.3) is 5.56 Å². The van der Waals surface area contributed by atoms with Crippen LogP contribution in [0.3, 0.4) is 0 Å². The molecule has 7 heteroatoms. The Morgan fingerprint density at radius 1 is 1.18 bits per heavy atom. The van der Waals surface area contributed by atoms with Gasteiger partial charge in [0, 0.05) is 18.1 Å². The van der Waals surface area contributed by atoms with Crippen LogP contribution in [-0.2, 0) is 11.2 Å². The zero-order valence-electron chi connectivity index (χ0n) is 15.5. The van der Waals surface area contributed by atoms with Gasteiger partial charge in [-0.25, -0.2) is 9.97 Å². The number of nitrogens with zero attached hydrogens (tertiary/aromatic N) is 3. The lowest BCUT2D eigenvalue weighted by atomic mass is 10.1. The van der Waals surface area contributed by atoms with Gasteiger partial charge < -0.3 is 5.32 Å². The predicted octanol–water partition coefficient (Wildman–Crippen LogP) is 3.32. The van der Waals surface area contributed by atoms with Crippen molar-refractivity contribution in [2.24, 2.45) is 0 Å². The molecule has 3 heterocycles. The predicted molar refractivity (Wildman–Crippen MR) is 112 cm³/mol. The summed E-state index contributed by atoms with van der Waals surface area (Å²) in [5.74, 6) is -0.166. The molecular formula is C21H20N4O2S. The Hall–Kier alpha value is -3.06. The van der Waals surface area contributed by atoms with Gasteiger partial charge in [-0.2, -0.15) is 0 Å². The third kappa shape index (κ3) is 3.41. The number of hydrogen-bond acceptors (Lipinski definition) is 5. The minimum atomic E-state index is -0.585. The molecule has 0 fully saturated rings. The molecule has 0 radical (unpaired) electrons. The molecule has 0 saturated heterocycles. The number of aromatic nitrogens is 3. The fraction of sp³-hybridized carbons (Fsp3) is 0.238. The highest BCUT2D eigenvalue weighted by atomic mass is 32.1. The maximum absolute atomic E-state index is 13.0.